The third-order valence-electron chi connectivity index (χ3n) is 5.17. The summed E-state index contributed by atoms with van der Waals surface area (Å²) >= 11 is 0. The Morgan fingerprint density at radius 2 is 1.74 bits per heavy atom. The quantitative estimate of drug-likeness (QED) is 0.795. The summed E-state index contributed by atoms with van der Waals surface area (Å²) in [6.45, 7) is 10.3. The molecule has 2 aliphatic heterocycles. The smallest absolute Gasteiger partial charge is 0.225 e. The molecule has 0 atom stereocenters. The van der Waals surface area contributed by atoms with E-state index in [2.05, 4.69) is 24.1 Å². The number of nitrogens with one attached hydrogen (secondary N) is 1. The van der Waals surface area contributed by atoms with Gasteiger partial charge in [0.05, 0.1) is 0 Å². The van der Waals surface area contributed by atoms with Crippen LogP contribution in [0.1, 0.15) is 33.1 Å². The van der Waals surface area contributed by atoms with Crippen molar-refractivity contribution in [3.05, 3.63) is 0 Å². The lowest BCUT2D eigenvalue weighted by Crippen LogP contribution is -2.47. The molecule has 0 saturated carbocycles. The molecule has 2 heterocycles. The molecule has 0 radical (unpaired) electrons. The SMILES string of the molecule is CC(C)N(C)C(=O)C1CCN(CCC(=O)N2CCNCC2)CC1. The average Bonchev–Trinajstić information content (AvgIpc) is 2.59. The topological polar surface area (TPSA) is 55.9 Å². The molecule has 2 fully saturated rings. The van der Waals surface area contributed by atoms with Crippen molar-refractivity contribution in [3.8, 4) is 0 Å². The summed E-state index contributed by atoms with van der Waals surface area (Å²) in [5, 5.41) is 3.27. The Kier molecular flexibility index (Phi) is 6.84. The summed E-state index contributed by atoms with van der Waals surface area (Å²) < 4.78 is 0. The first-order chi connectivity index (χ1) is 11.0. The zero-order valence-corrected chi connectivity index (χ0v) is 14.9. The van der Waals surface area contributed by atoms with Gasteiger partial charge in [-0.1, -0.05) is 0 Å². The van der Waals surface area contributed by atoms with Crippen LogP contribution in [0.4, 0.5) is 0 Å². The van der Waals surface area contributed by atoms with Gasteiger partial charge < -0.3 is 20.0 Å². The molecule has 0 spiro atoms. The second-order valence-corrected chi connectivity index (χ2v) is 7.04. The Hall–Kier alpha value is -1.14. The maximum absolute atomic E-state index is 12.4. The van der Waals surface area contributed by atoms with Gasteiger partial charge >= 0.3 is 0 Å². The highest BCUT2D eigenvalue weighted by molar-refractivity contribution is 5.79. The van der Waals surface area contributed by atoms with E-state index in [-0.39, 0.29) is 23.8 Å². The number of amides is 2. The molecule has 6 heteroatoms. The highest BCUT2D eigenvalue weighted by atomic mass is 16.2. The largest absolute Gasteiger partial charge is 0.343 e. The lowest BCUT2D eigenvalue weighted by Gasteiger charge is -2.34. The van der Waals surface area contributed by atoms with E-state index in [1.165, 1.54) is 0 Å². The van der Waals surface area contributed by atoms with Crippen LogP contribution >= 0.6 is 0 Å². The number of likely N-dealkylation sites (tertiary alicyclic amines) is 1. The summed E-state index contributed by atoms with van der Waals surface area (Å²) in [4.78, 5) is 30.7. The minimum atomic E-state index is 0.155. The molecule has 0 unspecified atom stereocenters. The zero-order chi connectivity index (χ0) is 16.8. The van der Waals surface area contributed by atoms with E-state index >= 15 is 0 Å². The van der Waals surface area contributed by atoms with Crippen LogP contribution in [0, 0.1) is 5.92 Å². The maximum Gasteiger partial charge on any atom is 0.225 e. The molecule has 2 rings (SSSR count). The van der Waals surface area contributed by atoms with Crippen LogP contribution < -0.4 is 5.32 Å². The van der Waals surface area contributed by atoms with Crippen LogP contribution in [0.15, 0.2) is 0 Å². The first-order valence-electron chi connectivity index (χ1n) is 8.96. The predicted octanol–water partition coefficient (Wildman–Crippen LogP) is 0.387. The molecule has 2 amide bonds. The minimum Gasteiger partial charge on any atom is -0.343 e. The number of hydrogen-bond acceptors (Lipinski definition) is 4. The van der Waals surface area contributed by atoms with Crippen molar-refractivity contribution in [2.45, 2.75) is 39.2 Å². The normalized spacial score (nSPS) is 20.8. The Morgan fingerprint density at radius 3 is 2.30 bits per heavy atom. The van der Waals surface area contributed by atoms with E-state index in [0.717, 1.165) is 58.7 Å². The molecule has 0 aliphatic carbocycles. The van der Waals surface area contributed by atoms with Crippen LogP contribution in [0.3, 0.4) is 0 Å². The van der Waals surface area contributed by atoms with Gasteiger partial charge in [0, 0.05) is 58.2 Å². The molecule has 0 aromatic rings. The molecular formula is C17H32N4O2. The van der Waals surface area contributed by atoms with Crippen LogP contribution in [0.25, 0.3) is 0 Å². The number of rotatable bonds is 5. The zero-order valence-electron chi connectivity index (χ0n) is 14.9. The van der Waals surface area contributed by atoms with Gasteiger partial charge in [-0.15, -0.1) is 0 Å². The standard InChI is InChI=1S/C17H32N4O2/c1-14(2)19(3)17(23)15-4-9-20(10-5-15)11-6-16(22)21-12-7-18-8-13-21/h14-15,18H,4-13H2,1-3H3. The molecule has 2 saturated heterocycles. The van der Waals surface area contributed by atoms with Crippen LogP contribution in [0.2, 0.25) is 0 Å². The Morgan fingerprint density at radius 1 is 1.13 bits per heavy atom. The van der Waals surface area contributed by atoms with E-state index in [1.54, 1.807) is 0 Å². The van der Waals surface area contributed by atoms with Crippen LogP contribution in [0.5, 0.6) is 0 Å². The van der Waals surface area contributed by atoms with Crippen molar-refractivity contribution < 1.29 is 9.59 Å². The van der Waals surface area contributed by atoms with Gasteiger partial charge in [0.1, 0.15) is 0 Å². The molecular weight excluding hydrogens is 292 g/mol. The van der Waals surface area contributed by atoms with E-state index in [0.29, 0.717) is 6.42 Å². The van der Waals surface area contributed by atoms with Gasteiger partial charge in [0.15, 0.2) is 0 Å². The van der Waals surface area contributed by atoms with E-state index in [1.807, 2.05) is 16.8 Å². The number of hydrogen-bond donors (Lipinski definition) is 1. The number of nitrogens with zero attached hydrogens (tertiary/aromatic N) is 3. The molecule has 132 valence electrons. The molecule has 23 heavy (non-hydrogen) atoms. The van der Waals surface area contributed by atoms with Crippen LogP contribution in [-0.4, -0.2) is 85.4 Å². The monoisotopic (exact) mass is 324 g/mol. The lowest BCUT2D eigenvalue weighted by atomic mass is 9.95. The fourth-order valence-electron chi connectivity index (χ4n) is 3.27. The van der Waals surface area contributed by atoms with Crippen molar-refractivity contribution in [2.24, 2.45) is 5.92 Å². The summed E-state index contributed by atoms with van der Waals surface area (Å²) in [7, 11) is 1.89. The molecule has 6 nitrogen and oxygen atoms in total. The van der Waals surface area contributed by atoms with Crippen molar-refractivity contribution in [3.63, 3.8) is 0 Å². The van der Waals surface area contributed by atoms with Crippen molar-refractivity contribution >= 4 is 11.8 Å². The minimum absolute atomic E-state index is 0.155. The summed E-state index contributed by atoms with van der Waals surface area (Å²) in [6.07, 6.45) is 2.43. The molecule has 2 aliphatic rings. The highest BCUT2D eigenvalue weighted by Crippen LogP contribution is 2.20. The summed E-state index contributed by atoms with van der Waals surface area (Å²) in [6, 6.07) is 0.261. The van der Waals surface area contributed by atoms with Crippen molar-refractivity contribution in [1.82, 2.24) is 20.0 Å². The number of carbonyl (C=O) groups is 2. The lowest BCUT2D eigenvalue weighted by molar-refractivity contribution is -0.137. The third kappa shape index (κ3) is 5.18. The number of piperazine rings is 1. The van der Waals surface area contributed by atoms with Gasteiger partial charge in [0.2, 0.25) is 11.8 Å². The third-order valence-corrected chi connectivity index (χ3v) is 5.17. The fraction of sp³-hybridized carbons (Fsp3) is 0.882. The number of carbonyl (C=O) groups excluding carboxylic acids is 2. The molecule has 0 aromatic heterocycles. The highest BCUT2D eigenvalue weighted by Gasteiger charge is 2.28. The van der Waals surface area contributed by atoms with Gasteiger partial charge in [-0.05, 0) is 39.8 Å². The fourth-order valence-corrected chi connectivity index (χ4v) is 3.27. The first-order valence-corrected chi connectivity index (χ1v) is 8.96. The van der Waals surface area contributed by atoms with Gasteiger partial charge in [-0.2, -0.15) is 0 Å². The molecule has 0 aromatic carbocycles. The second-order valence-electron chi connectivity index (χ2n) is 7.04. The van der Waals surface area contributed by atoms with E-state index in [4.69, 9.17) is 0 Å². The van der Waals surface area contributed by atoms with Gasteiger partial charge in [-0.3, -0.25) is 9.59 Å². The van der Waals surface area contributed by atoms with Gasteiger partial charge in [-0.25, -0.2) is 0 Å². The van der Waals surface area contributed by atoms with Crippen molar-refractivity contribution in [1.29, 1.82) is 0 Å². The predicted molar refractivity (Wildman–Crippen MR) is 91.1 cm³/mol. The number of piperidine rings is 1. The van der Waals surface area contributed by atoms with E-state index < -0.39 is 0 Å². The maximum atomic E-state index is 12.4. The Balaban J connectivity index is 1.68. The summed E-state index contributed by atoms with van der Waals surface area (Å²) in [5.41, 5.74) is 0. The first kappa shape index (κ1) is 18.2. The van der Waals surface area contributed by atoms with Crippen LogP contribution in [-0.2, 0) is 9.59 Å². The van der Waals surface area contributed by atoms with E-state index in [9.17, 15) is 9.59 Å². The molecule has 0 bridgehead atoms. The second kappa shape index (κ2) is 8.64. The Labute approximate surface area is 140 Å². The van der Waals surface area contributed by atoms with Gasteiger partial charge in [0.25, 0.3) is 0 Å². The average molecular weight is 324 g/mol. The molecule has 1 N–H and O–H groups in total. The Bertz CT molecular complexity index is 399. The summed E-state index contributed by atoms with van der Waals surface area (Å²) in [5.74, 6) is 0.698. The van der Waals surface area contributed by atoms with Crippen molar-refractivity contribution in [2.75, 3.05) is 52.9 Å².